The Balaban J connectivity index is 1.82. The van der Waals surface area contributed by atoms with Crippen LogP contribution in [0.15, 0.2) is 53.7 Å². The number of carbonyl (C=O) groups excluding carboxylic acids is 1. The Labute approximate surface area is 194 Å². The predicted molar refractivity (Wildman–Crippen MR) is 125 cm³/mol. The van der Waals surface area contributed by atoms with Crippen LogP contribution < -0.4 is 5.32 Å². The highest BCUT2D eigenvalue weighted by atomic mass is 32.1. The molecule has 9 heteroatoms. The Bertz CT molecular complexity index is 1140. The number of unbranched alkanes of at least 4 members (excludes halogenated alkanes) is 1. The number of oxime groups is 1. The summed E-state index contributed by atoms with van der Waals surface area (Å²) >= 11 is 0.717. The SMILES string of the molecule is CCCCON=C(C)c1ccc(-c2ccccc2NC(=O)c2sc(C)nc2C(F)(F)F)cc1. The summed E-state index contributed by atoms with van der Waals surface area (Å²) in [5.41, 5.74) is 2.33. The van der Waals surface area contributed by atoms with E-state index in [0.29, 0.717) is 29.2 Å². The van der Waals surface area contributed by atoms with Crippen LogP contribution in [0, 0.1) is 6.92 Å². The molecule has 5 nitrogen and oxygen atoms in total. The van der Waals surface area contributed by atoms with Gasteiger partial charge in [0.25, 0.3) is 5.91 Å². The lowest BCUT2D eigenvalue weighted by molar-refractivity contribution is -0.141. The second kappa shape index (κ2) is 10.6. The number of nitrogens with zero attached hydrogens (tertiary/aromatic N) is 2. The van der Waals surface area contributed by atoms with Gasteiger partial charge in [0.15, 0.2) is 5.69 Å². The molecule has 1 N–H and O–H groups in total. The lowest BCUT2D eigenvalue weighted by Crippen LogP contribution is -2.17. The van der Waals surface area contributed by atoms with Crippen molar-refractivity contribution in [2.24, 2.45) is 5.16 Å². The quantitative estimate of drug-likeness (QED) is 0.218. The number of benzene rings is 2. The molecule has 33 heavy (non-hydrogen) atoms. The third kappa shape index (κ3) is 6.19. The lowest BCUT2D eigenvalue weighted by atomic mass is 10.0. The van der Waals surface area contributed by atoms with Gasteiger partial charge in [0.2, 0.25) is 0 Å². The number of rotatable bonds is 8. The number of aryl methyl sites for hydroxylation is 1. The van der Waals surface area contributed by atoms with E-state index < -0.39 is 22.7 Å². The summed E-state index contributed by atoms with van der Waals surface area (Å²) in [5, 5.41) is 6.91. The van der Waals surface area contributed by atoms with Crippen LogP contribution in [0.4, 0.5) is 18.9 Å². The van der Waals surface area contributed by atoms with Gasteiger partial charge >= 0.3 is 6.18 Å². The fourth-order valence-corrected chi connectivity index (χ4v) is 3.93. The molecule has 0 radical (unpaired) electrons. The van der Waals surface area contributed by atoms with E-state index in [-0.39, 0.29) is 5.01 Å². The predicted octanol–water partition coefficient (Wildman–Crippen LogP) is 6.93. The molecule has 174 valence electrons. The number of nitrogens with one attached hydrogen (secondary N) is 1. The van der Waals surface area contributed by atoms with Crippen molar-refractivity contribution in [2.45, 2.75) is 39.8 Å². The van der Waals surface area contributed by atoms with Crippen LogP contribution in [0.5, 0.6) is 0 Å². The van der Waals surface area contributed by atoms with Crippen molar-refractivity contribution < 1.29 is 22.8 Å². The third-order valence-electron chi connectivity index (χ3n) is 4.79. The van der Waals surface area contributed by atoms with E-state index in [0.717, 1.165) is 29.7 Å². The highest BCUT2D eigenvalue weighted by Crippen LogP contribution is 2.35. The molecule has 1 aromatic heterocycles. The van der Waals surface area contributed by atoms with E-state index in [2.05, 4.69) is 22.4 Å². The van der Waals surface area contributed by atoms with Gasteiger partial charge < -0.3 is 10.2 Å². The Morgan fingerprint density at radius 2 is 1.85 bits per heavy atom. The molecule has 0 spiro atoms. The van der Waals surface area contributed by atoms with Crippen molar-refractivity contribution in [1.29, 1.82) is 0 Å². The average Bonchev–Trinajstić information content (AvgIpc) is 3.20. The summed E-state index contributed by atoms with van der Waals surface area (Å²) in [6.07, 6.45) is -2.74. The van der Waals surface area contributed by atoms with E-state index in [1.807, 2.05) is 31.2 Å². The van der Waals surface area contributed by atoms with Crippen LogP contribution in [-0.4, -0.2) is 23.2 Å². The molecule has 0 aliphatic rings. The number of thiazole rings is 1. The van der Waals surface area contributed by atoms with Crippen LogP contribution in [0.1, 0.15) is 52.6 Å². The van der Waals surface area contributed by atoms with Crippen molar-refractivity contribution >= 4 is 28.6 Å². The van der Waals surface area contributed by atoms with E-state index in [1.165, 1.54) is 6.92 Å². The number of halogens is 3. The minimum Gasteiger partial charge on any atom is -0.396 e. The van der Waals surface area contributed by atoms with Gasteiger partial charge in [-0.3, -0.25) is 4.79 Å². The second-order valence-corrected chi connectivity index (χ2v) is 8.55. The molecule has 0 bridgehead atoms. The first-order valence-corrected chi connectivity index (χ1v) is 11.2. The summed E-state index contributed by atoms with van der Waals surface area (Å²) in [7, 11) is 0. The topological polar surface area (TPSA) is 63.6 Å². The van der Waals surface area contributed by atoms with Crippen molar-refractivity contribution in [3.63, 3.8) is 0 Å². The van der Waals surface area contributed by atoms with Crippen LogP contribution in [0.25, 0.3) is 11.1 Å². The standard InChI is InChI=1S/C24H24F3N3O2S/c1-4-5-14-32-30-15(2)17-10-12-18(13-11-17)19-8-6-7-9-20(19)29-23(31)21-22(24(25,26)27)28-16(3)33-21/h6-13H,4-5,14H2,1-3H3,(H,29,31). The number of carbonyl (C=O) groups is 1. The fourth-order valence-electron chi connectivity index (χ4n) is 3.09. The van der Waals surface area contributed by atoms with Crippen molar-refractivity contribution in [3.8, 4) is 11.1 Å². The number of aromatic nitrogens is 1. The molecule has 0 fully saturated rings. The molecule has 3 rings (SSSR count). The van der Waals surface area contributed by atoms with Gasteiger partial charge in [-0.05, 0) is 37.5 Å². The molecule has 1 amide bonds. The smallest absolute Gasteiger partial charge is 0.396 e. The summed E-state index contributed by atoms with van der Waals surface area (Å²) in [6, 6.07) is 14.4. The zero-order valence-corrected chi connectivity index (χ0v) is 19.3. The van der Waals surface area contributed by atoms with Crippen molar-refractivity contribution in [2.75, 3.05) is 11.9 Å². The van der Waals surface area contributed by atoms with Crippen LogP contribution in [0.3, 0.4) is 0 Å². The number of amides is 1. The summed E-state index contributed by atoms with van der Waals surface area (Å²) in [5.74, 6) is -0.843. The van der Waals surface area contributed by atoms with E-state index >= 15 is 0 Å². The fraction of sp³-hybridized carbons (Fsp3) is 0.292. The van der Waals surface area contributed by atoms with E-state index in [9.17, 15) is 18.0 Å². The average molecular weight is 476 g/mol. The monoisotopic (exact) mass is 475 g/mol. The molecular weight excluding hydrogens is 451 g/mol. The maximum absolute atomic E-state index is 13.3. The number of para-hydroxylation sites is 1. The summed E-state index contributed by atoms with van der Waals surface area (Å²) < 4.78 is 39.8. The minimum atomic E-state index is -4.70. The van der Waals surface area contributed by atoms with E-state index in [4.69, 9.17) is 4.84 Å². The maximum Gasteiger partial charge on any atom is 0.435 e. The summed E-state index contributed by atoms with van der Waals surface area (Å²) in [6.45, 7) is 5.93. The van der Waals surface area contributed by atoms with Gasteiger partial charge in [-0.15, -0.1) is 11.3 Å². The molecule has 3 aromatic rings. The van der Waals surface area contributed by atoms with Crippen LogP contribution in [-0.2, 0) is 11.0 Å². The Morgan fingerprint density at radius 1 is 1.15 bits per heavy atom. The highest BCUT2D eigenvalue weighted by molar-refractivity contribution is 7.13. The Morgan fingerprint density at radius 3 is 2.52 bits per heavy atom. The zero-order valence-electron chi connectivity index (χ0n) is 18.5. The highest BCUT2D eigenvalue weighted by Gasteiger charge is 2.39. The zero-order chi connectivity index (χ0) is 24.0. The van der Waals surface area contributed by atoms with Gasteiger partial charge in [-0.2, -0.15) is 13.2 Å². The van der Waals surface area contributed by atoms with Crippen LogP contribution >= 0.6 is 11.3 Å². The number of hydrogen-bond acceptors (Lipinski definition) is 5. The first-order valence-electron chi connectivity index (χ1n) is 10.4. The molecule has 0 atom stereocenters. The summed E-state index contributed by atoms with van der Waals surface area (Å²) in [4.78, 5) is 21.0. The molecule has 0 saturated carbocycles. The number of anilines is 1. The first kappa shape index (κ1) is 24.4. The third-order valence-corrected chi connectivity index (χ3v) is 5.76. The first-order chi connectivity index (χ1) is 15.7. The van der Waals surface area contributed by atoms with Gasteiger partial charge in [-0.25, -0.2) is 4.98 Å². The maximum atomic E-state index is 13.3. The van der Waals surface area contributed by atoms with Crippen molar-refractivity contribution in [1.82, 2.24) is 4.98 Å². The minimum absolute atomic E-state index is 0.173. The van der Waals surface area contributed by atoms with Crippen LogP contribution in [0.2, 0.25) is 0 Å². The molecule has 0 saturated heterocycles. The molecule has 0 aliphatic carbocycles. The largest absolute Gasteiger partial charge is 0.435 e. The molecule has 0 unspecified atom stereocenters. The molecule has 0 aliphatic heterocycles. The van der Waals surface area contributed by atoms with Gasteiger partial charge in [0.1, 0.15) is 11.5 Å². The van der Waals surface area contributed by atoms with Crippen molar-refractivity contribution in [3.05, 3.63) is 69.7 Å². The van der Waals surface area contributed by atoms with Gasteiger partial charge in [-0.1, -0.05) is 61.0 Å². The number of alkyl halides is 3. The Hall–Kier alpha value is -3.20. The molecule has 2 aromatic carbocycles. The van der Waals surface area contributed by atoms with Gasteiger partial charge in [0.05, 0.1) is 10.7 Å². The molecule has 1 heterocycles. The van der Waals surface area contributed by atoms with E-state index in [1.54, 1.807) is 24.3 Å². The lowest BCUT2D eigenvalue weighted by Gasteiger charge is -2.12. The Kier molecular flexibility index (Phi) is 7.86. The van der Waals surface area contributed by atoms with Gasteiger partial charge in [0, 0.05) is 11.3 Å². The second-order valence-electron chi connectivity index (χ2n) is 7.35. The number of hydrogen-bond donors (Lipinski definition) is 1. The normalized spacial score (nSPS) is 12.0. The molecular formula is C24H24F3N3O2S.